The van der Waals surface area contributed by atoms with Crippen LogP contribution in [0.5, 0.6) is 0 Å². The van der Waals surface area contributed by atoms with Crippen molar-refractivity contribution in [2.75, 3.05) is 47.8 Å². The summed E-state index contributed by atoms with van der Waals surface area (Å²) in [5, 5.41) is 6.92. The molecule has 2 aromatic carbocycles. The Morgan fingerprint density at radius 2 is 1.68 bits per heavy atom. The van der Waals surface area contributed by atoms with Crippen molar-refractivity contribution >= 4 is 34.7 Å². The number of carbonyl (C=O) groups excluding carboxylic acids is 2. The standard InChI is InChI=1S/C29H25F6N7O2/c30-17-1-6-23(32)21(13-17)24-14-18(31)16-41(24)25-7-8-42-26(38-25)22(15-36-42)27(43)37-19-2-4-20(5-3-19)39-9-11-40(12-10-39)28(44)29(33,34)35/h1-8,13,15,18,24H,9-12,14,16H2,(H,37,43)/t18-,24+/m0/s1. The number of benzene rings is 2. The van der Waals surface area contributed by atoms with E-state index in [4.69, 9.17) is 0 Å². The van der Waals surface area contributed by atoms with Gasteiger partial charge >= 0.3 is 12.1 Å². The molecule has 0 saturated carbocycles. The van der Waals surface area contributed by atoms with Crippen molar-refractivity contribution in [3.63, 3.8) is 0 Å². The van der Waals surface area contributed by atoms with E-state index in [1.165, 1.54) is 21.8 Å². The van der Waals surface area contributed by atoms with Gasteiger partial charge in [0.1, 0.15) is 29.2 Å². The van der Waals surface area contributed by atoms with E-state index in [2.05, 4.69) is 15.4 Å². The molecule has 2 saturated heterocycles. The molecule has 1 N–H and O–H groups in total. The van der Waals surface area contributed by atoms with Crippen molar-refractivity contribution in [3.8, 4) is 0 Å². The molecule has 0 unspecified atom stereocenters. The largest absolute Gasteiger partial charge is 0.471 e. The molecule has 15 heteroatoms. The minimum Gasteiger partial charge on any atom is -0.368 e. The number of nitrogens with one attached hydrogen (secondary N) is 1. The van der Waals surface area contributed by atoms with Gasteiger partial charge in [0.05, 0.1) is 18.8 Å². The molecule has 6 rings (SSSR count). The van der Waals surface area contributed by atoms with E-state index in [-0.39, 0.29) is 61.7 Å². The molecule has 2 fully saturated rings. The lowest BCUT2D eigenvalue weighted by atomic mass is 10.0. The van der Waals surface area contributed by atoms with Crippen LogP contribution in [0.2, 0.25) is 0 Å². The highest BCUT2D eigenvalue weighted by atomic mass is 19.4. The van der Waals surface area contributed by atoms with Gasteiger partial charge < -0.3 is 20.0 Å². The molecule has 44 heavy (non-hydrogen) atoms. The molecule has 4 aromatic rings. The summed E-state index contributed by atoms with van der Waals surface area (Å²) in [6, 6.07) is 10.5. The van der Waals surface area contributed by atoms with Crippen LogP contribution in [0.25, 0.3) is 5.65 Å². The van der Waals surface area contributed by atoms with Crippen LogP contribution < -0.4 is 15.1 Å². The summed E-state index contributed by atoms with van der Waals surface area (Å²) >= 11 is 0. The molecule has 2 aliphatic heterocycles. The Balaban J connectivity index is 1.16. The Kier molecular flexibility index (Phi) is 7.55. The number of fused-ring (bicyclic) bond motifs is 1. The van der Waals surface area contributed by atoms with Gasteiger partial charge in [-0.3, -0.25) is 9.59 Å². The molecule has 2 aromatic heterocycles. The molecule has 2 aliphatic rings. The van der Waals surface area contributed by atoms with E-state index in [1.807, 2.05) is 4.90 Å². The maximum atomic E-state index is 14.6. The van der Waals surface area contributed by atoms with E-state index in [0.717, 1.165) is 23.1 Å². The predicted molar refractivity (Wildman–Crippen MR) is 148 cm³/mol. The number of rotatable bonds is 5. The zero-order valence-corrected chi connectivity index (χ0v) is 22.9. The maximum Gasteiger partial charge on any atom is 0.471 e. The lowest BCUT2D eigenvalue weighted by molar-refractivity contribution is -0.185. The monoisotopic (exact) mass is 617 g/mol. The maximum absolute atomic E-state index is 14.6. The molecule has 230 valence electrons. The smallest absolute Gasteiger partial charge is 0.368 e. The van der Waals surface area contributed by atoms with Crippen LogP contribution in [0.15, 0.2) is 60.9 Å². The third-order valence-electron chi connectivity index (χ3n) is 7.76. The Hall–Kier alpha value is -4.82. The van der Waals surface area contributed by atoms with Crippen molar-refractivity contribution in [2.45, 2.75) is 24.8 Å². The average molecular weight is 618 g/mol. The van der Waals surface area contributed by atoms with Gasteiger partial charge in [0.2, 0.25) is 0 Å². The molecule has 4 heterocycles. The summed E-state index contributed by atoms with van der Waals surface area (Å²) < 4.78 is 82.5. The van der Waals surface area contributed by atoms with Crippen LogP contribution in [0.1, 0.15) is 28.4 Å². The quantitative estimate of drug-likeness (QED) is 0.325. The van der Waals surface area contributed by atoms with Crippen molar-refractivity contribution in [1.82, 2.24) is 19.5 Å². The van der Waals surface area contributed by atoms with Crippen LogP contribution >= 0.6 is 0 Å². The molecular weight excluding hydrogens is 592 g/mol. The van der Waals surface area contributed by atoms with Crippen LogP contribution in [0.4, 0.5) is 43.5 Å². The summed E-state index contributed by atoms with van der Waals surface area (Å²) in [4.78, 5) is 33.4. The lowest BCUT2D eigenvalue weighted by Crippen LogP contribution is -2.52. The van der Waals surface area contributed by atoms with Gasteiger partial charge in [-0.25, -0.2) is 22.7 Å². The van der Waals surface area contributed by atoms with E-state index in [0.29, 0.717) is 11.4 Å². The first-order valence-electron chi connectivity index (χ1n) is 13.7. The number of amides is 2. The Morgan fingerprint density at radius 1 is 0.955 bits per heavy atom. The highest BCUT2D eigenvalue weighted by Crippen LogP contribution is 2.38. The number of aromatic nitrogens is 3. The second-order valence-corrected chi connectivity index (χ2v) is 10.6. The highest BCUT2D eigenvalue weighted by molar-refractivity contribution is 6.08. The minimum absolute atomic E-state index is 0.0124. The first-order valence-corrected chi connectivity index (χ1v) is 13.7. The molecule has 2 atom stereocenters. The number of nitrogens with zero attached hydrogens (tertiary/aromatic N) is 6. The number of hydrogen-bond acceptors (Lipinski definition) is 6. The van der Waals surface area contributed by atoms with Gasteiger partial charge in [-0.1, -0.05) is 0 Å². The fraction of sp³-hybridized carbons (Fsp3) is 0.310. The summed E-state index contributed by atoms with van der Waals surface area (Å²) in [7, 11) is 0. The van der Waals surface area contributed by atoms with Gasteiger partial charge in [-0.2, -0.15) is 18.3 Å². The first-order chi connectivity index (χ1) is 21.0. The molecular formula is C29H25F6N7O2. The fourth-order valence-corrected chi connectivity index (χ4v) is 5.58. The molecule has 0 radical (unpaired) electrons. The van der Waals surface area contributed by atoms with Crippen LogP contribution in [-0.2, 0) is 4.79 Å². The first kappa shape index (κ1) is 29.3. The molecule has 0 bridgehead atoms. The van der Waals surface area contributed by atoms with Gasteiger partial charge in [0, 0.05) is 55.7 Å². The third kappa shape index (κ3) is 5.73. The lowest BCUT2D eigenvalue weighted by Gasteiger charge is -2.36. The average Bonchev–Trinajstić information content (AvgIpc) is 3.61. The second-order valence-electron chi connectivity index (χ2n) is 10.6. The molecule has 9 nitrogen and oxygen atoms in total. The zero-order chi connectivity index (χ0) is 31.2. The van der Waals surface area contributed by atoms with E-state index in [1.54, 1.807) is 30.3 Å². The zero-order valence-electron chi connectivity index (χ0n) is 22.9. The van der Waals surface area contributed by atoms with Gasteiger partial charge in [-0.15, -0.1) is 0 Å². The summed E-state index contributed by atoms with van der Waals surface area (Å²) in [6.07, 6.45) is -3.41. The summed E-state index contributed by atoms with van der Waals surface area (Å²) in [5.74, 6) is -3.42. The van der Waals surface area contributed by atoms with Crippen LogP contribution in [-0.4, -0.2) is 76.4 Å². The normalized spacial score (nSPS) is 19.1. The number of halogens is 6. The third-order valence-corrected chi connectivity index (χ3v) is 7.76. The van der Waals surface area contributed by atoms with E-state index < -0.39 is 41.8 Å². The number of hydrogen-bond donors (Lipinski definition) is 1. The highest BCUT2D eigenvalue weighted by Gasteiger charge is 2.43. The predicted octanol–water partition coefficient (Wildman–Crippen LogP) is 4.76. The van der Waals surface area contributed by atoms with Gasteiger partial charge in [0.15, 0.2) is 5.65 Å². The molecule has 0 aliphatic carbocycles. The Morgan fingerprint density at radius 3 is 2.39 bits per heavy atom. The number of piperazine rings is 1. The summed E-state index contributed by atoms with van der Waals surface area (Å²) in [6.45, 7) is 0.205. The van der Waals surface area contributed by atoms with E-state index >= 15 is 0 Å². The fourth-order valence-electron chi connectivity index (χ4n) is 5.58. The van der Waals surface area contributed by atoms with Crippen molar-refractivity contribution < 1.29 is 35.9 Å². The van der Waals surface area contributed by atoms with Gasteiger partial charge in [-0.05, 0) is 48.5 Å². The van der Waals surface area contributed by atoms with E-state index in [9.17, 15) is 35.9 Å². The number of alkyl halides is 4. The topological polar surface area (TPSA) is 86.1 Å². The second kappa shape index (κ2) is 11.4. The van der Waals surface area contributed by atoms with Crippen molar-refractivity contribution in [3.05, 3.63) is 83.7 Å². The number of anilines is 3. The molecule has 0 spiro atoms. The van der Waals surface area contributed by atoms with Gasteiger partial charge in [0.25, 0.3) is 5.91 Å². The minimum atomic E-state index is -4.91. The van der Waals surface area contributed by atoms with Crippen molar-refractivity contribution in [2.24, 2.45) is 0 Å². The summed E-state index contributed by atoms with van der Waals surface area (Å²) in [5.41, 5.74) is 1.44. The Bertz CT molecular complexity index is 1700. The van der Waals surface area contributed by atoms with Crippen molar-refractivity contribution in [1.29, 1.82) is 0 Å². The van der Waals surface area contributed by atoms with Crippen LogP contribution in [0, 0.1) is 11.6 Å². The SMILES string of the molecule is O=C(Nc1ccc(N2CCN(C(=O)C(F)(F)F)CC2)cc1)c1cnn2ccc(N3C[C@@H](F)C[C@@H]3c3cc(F)ccc3F)nc12. The number of carbonyl (C=O) groups is 2. The molecule has 2 amide bonds. The van der Waals surface area contributed by atoms with Crippen LogP contribution in [0.3, 0.4) is 0 Å². The Labute approximate surface area is 246 Å².